The molecule has 0 aliphatic carbocycles. The molecule has 2 aromatic rings. The lowest BCUT2D eigenvalue weighted by molar-refractivity contribution is -0.137. The first-order valence-corrected chi connectivity index (χ1v) is 6.72. The number of hydrogen-bond donors (Lipinski definition) is 1. The van der Waals surface area contributed by atoms with Gasteiger partial charge in [-0.1, -0.05) is 31.5 Å². The van der Waals surface area contributed by atoms with Crippen LogP contribution in [0.4, 0.5) is 0 Å². The Morgan fingerprint density at radius 1 is 1.30 bits per heavy atom. The number of rotatable bonds is 5. The first kappa shape index (κ1) is 14.2. The van der Waals surface area contributed by atoms with Crippen LogP contribution in [0.5, 0.6) is 0 Å². The second kappa shape index (κ2) is 5.86. The van der Waals surface area contributed by atoms with E-state index in [0.29, 0.717) is 12.2 Å². The first-order valence-electron chi connectivity index (χ1n) is 6.72. The Balaban J connectivity index is 2.35. The van der Waals surface area contributed by atoms with E-state index in [1.807, 2.05) is 31.2 Å². The number of aliphatic carboxylic acids is 1. The Hall–Kier alpha value is -2.17. The summed E-state index contributed by atoms with van der Waals surface area (Å²) in [6, 6.07) is 8.05. The van der Waals surface area contributed by atoms with Crippen LogP contribution in [0.2, 0.25) is 0 Å². The van der Waals surface area contributed by atoms with Crippen LogP contribution in [0, 0.1) is 6.92 Å². The lowest BCUT2D eigenvalue weighted by Gasteiger charge is -2.08. The summed E-state index contributed by atoms with van der Waals surface area (Å²) in [4.78, 5) is 15.1. The highest BCUT2D eigenvalue weighted by Crippen LogP contribution is 2.18. The number of carbonyl (C=O) groups is 1. The van der Waals surface area contributed by atoms with Crippen molar-refractivity contribution >= 4 is 5.97 Å². The molecule has 0 fully saturated rings. The van der Waals surface area contributed by atoms with Gasteiger partial charge in [-0.15, -0.1) is 0 Å². The number of nitrogens with zero attached hydrogens (tertiary/aromatic N) is 3. The van der Waals surface area contributed by atoms with Crippen molar-refractivity contribution in [3.63, 3.8) is 0 Å². The zero-order valence-electron chi connectivity index (χ0n) is 12.0. The largest absolute Gasteiger partial charge is 0.481 e. The fourth-order valence-corrected chi connectivity index (χ4v) is 1.94. The lowest BCUT2D eigenvalue weighted by atomic mass is 10.2. The average molecular weight is 273 g/mol. The summed E-state index contributed by atoms with van der Waals surface area (Å²) >= 11 is 0. The van der Waals surface area contributed by atoms with Gasteiger partial charge in [-0.3, -0.25) is 4.79 Å². The summed E-state index contributed by atoms with van der Waals surface area (Å²) in [6.07, 6.45) is 0.406. The molecule has 0 radical (unpaired) electrons. The second-order valence-corrected chi connectivity index (χ2v) is 5.18. The third kappa shape index (κ3) is 3.23. The minimum Gasteiger partial charge on any atom is -0.481 e. The van der Waals surface area contributed by atoms with E-state index in [9.17, 15) is 4.79 Å². The minimum atomic E-state index is -0.831. The van der Waals surface area contributed by atoms with Gasteiger partial charge in [0.2, 0.25) is 0 Å². The summed E-state index contributed by atoms with van der Waals surface area (Å²) < 4.78 is 1.81. The molecule has 20 heavy (non-hydrogen) atoms. The van der Waals surface area contributed by atoms with E-state index in [1.165, 1.54) is 5.56 Å². The summed E-state index contributed by atoms with van der Waals surface area (Å²) in [7, 11) is 0. The molecule has 0 unspecified atom stereocenters. The number of aryl methyl sites for hydroxylation is 2. The van der Waals surface area contributed by atoms with Gasteiger partial charge in [0, 0.05) is 12.3 Å². The van der Waals surface area contributed by atoms with Crippen molar-refractivity contribution in [2.24, 2.45) is 0 Å². The summed E-state index contributed by atoms with van der Waals surface area (Å²) in [5.41, 5.74) is 2.14. The van der Waals surface area contributed by atoms with Crippen LogP contribution in [0.1, 0.15) is 43.4 Å². The van der Waals surface area contributed by atoms with Crippen LogP contribution >= 0.6 is 0 Å². The molecule has 0 saturated carbocycles. The molecule has 0 amide bonds. The molecule has 0 atom stereocenters. The van der Waals surface area contributed by atoms with Gasteiger partial charge in [0.05, 0.1) is 12.1 Å². The van der Waals surface area contributed by atoms with E-state index in [4.69, 9.17) is 5.11 Å². The van der Waals surface area contributed by atoms with Gasteiger partial charge >= 0.3 is 5.97 Å². The van der Waals surface area contributed by atoms with Gasteiger partial charge in [0.15, 0.2) is 5.82 Å². The fraction of sp³-hybridized carbons (Fsp3) is 0.400. The van der Waals surface area contributed by atoms with Crippen molar-refractivity contribution in [1.82, 2.24) is 14.8 Å². The van der Waals surface area contributed by atoms with Gasteiger partial charge in [-0.05, 0) is 19.1 Å². The third-order valence-corrected chi connectivity index (χ3v) is 3.03. The SMILES string of the molecule is Cc1ccc(-n2nc(CCC(=O)O)nc2C(C)C)cc1. The normalized spacial score (nSPS) is 11.0. The molecular weight excluding hydrogens is 254 g/mol. The molecule has 1 aromatic carbocycles. The Morgan fingerprint density at radius 2 is 1.95 bits per heavy atom. The number of carboxylic acid groups (broad SMARTS) is 1. The monoisotopic (exact) mass is 273 g/mol. The topological polar surface area (TPSA) is 68.0 Å². The van der Waals surface area contributed by atoms with E-state index in [2.05, 4.69) is 23.9 Å². The van der Waals surface area contributed by atoms with E-state index in [-0.39, 0.29) is 12.3 Å². The van der Waals surface area contributed by atoms with E-state index in [1.54, 1.807) is 4.68 Å². The average Bonchev–Trinajstić information content (AvgIpc) is 2.81. The number of aromatic nitrogens is 3. The maximum Gasteiger partial charge on any atom is 0.303 e. The quantitative estimate of drug-likeness (QED) is 0.909. The number of carboxylic acids is 1. The number of hydrogen-bond acceptors (Lipinski definition) is 3. The van der Waals surface area contributed by atoms with Gasteiger partial charge in [-0.2, -0.15) is 5.10 Å². The fourth-order valence-electron chi connectivity index (χ4n) is 1.94. The predicted molar refractivity (Wildman–Crippen MR) is 76.1 cm³/mol. The number of benzene rings is 1. The van der Waals surface area contributed by atoms with Gasteiger partial charge < -0.3 is 5.11 Å². The van der Waals surface area contributed by atoms with Gasteiger partial charge in [0.1, 0.15) is 5.82 Å². The highest BCUT2D eigenvalue weighted by atomic mass is 16.4. The molecule has 5 nitrogen and oxygen atoms in total. The molecule has 0 bridgehead atoms. The van der Waals surface area contributed by atoms with E-state index < -0.39 is 5.97 Å². The maximum atomic E-state index is 10.6. The molecule has 0 aliphatic rings. The Kier molecular flexibility index (Phi) is 4.17. The van der Waals surface area contributed by atoms with Crippen LogP contribution in [0.3, 0.4) is 0 Å². The van der Waals surface area contributed by atoms with Crippen LogP contribution in [0.25, 0.3) is 5.69 Å². The van der Waals surface area contributed by atoms with Crippen molar-refractivity contribution in [3.05, 3.63) is 41.5 Å². The molecule has 0 aliphatic heterocycles. The van der Waals surface area contributed by atoms with Gasteiger partial charge in [-0.25, -0.2) is 9.67 Å². The third-order valence-electron chi connectivity index (χ3n) is 3.03. The highest BCUT2D eigenvalue weighted by molar-refractivity contribution is 5.66. The van der Waals surface area contributed by atoms with Crippen LogP contribution in [0.15, 0.2) is 24.3 Å². The highest BCUT2D eigenvalue weighted by Gasteiger charge is 2.15. The molecule has 106 valence electrons. The molecule has 1 heterocycles. The zero-order valence-corrected chi connectivity index (χ0v) is 12.0. The van der Waals surface area contributed by atoms with Crippen LogP contribution in [-0.4, -0.2) is 25.8 Å². The zero-order chi connectivity index (χ0) is 14.7. The van der Waals surface area contributed by atoms with Crippen LogP contribution in [-0.2, 0) is 11.2 Å². The Labute approximate surface area is 118 Å². The Morgan fingerprint density at radius 3 is 2.50 bits per heavy atom. The van der Waals surface area contributed by atoms with Crippen LogP contribution < -0.4 is 0 Å². The van der Waals surface area contributed by atoms with Crippen molar-refractivity contribution < 1.29 is 9.90 Å². The summed E-state index contributed by atoms with van der Waals surface area (Å²) in [5.74, 6) is 0.830. The molecule has 1 N–H and O–H groups in total. The molecule has 0 saturated heterocycles. The maximum absolute atomic E-state index is 10.6. The van der Waals surface area contributed by atoms with Crippen molar-refractivity contribution in [2.75, 3.05) is 0 Å². The summed E-state index contributed by atoms with van der Waals surface area (Å²) in [5, 5.41) is 13.2. The van der Waals surface area contributed by atoms with Gasteiger partial charge in [0.25, 0.3) is 0 Å². The second-order valence-electron chi connectivity index (χ2n) is 5.18. The summed E-state index contributed by atoms with van der Waals surface area (Å²) in [6.45, 7) is 6.14. The van der Waals surface area contributed by atoms with Crippen molar-refractivity contribution in [2.45, 2.75) is 39.5 Å². The van der Waals surface area contributed by atoms with E-state index in [0.717, 1.165) is 11.5 Å². The smallest absolute Gasteiger partial charge is 0.303 e. The molecule has 2 rings (SSSR count). The lowest BCUT2D eigenvalue weighted by Crippen LogP contribution is -2.04. The predicted octanol–water partition coefficient (Wildman–Crippen LogP) is 2.72. The molecule has 1 aromatic heterocycles. The van der Waals surface area contributed by atoms with Crippen molar-refractivity contribution in [3.8, 4) is 5.69 Å². The molecule has 5 heteroatoms. The standard InChI is InChI=1S/C15H19N3O2/c1-10(2)15-16-13(8-9-14(19)20)17-18(15)12-6-4-11(3)5-7-12/h4-7,10H,8-9H2,1-3H3,(H,19,20). The first-order chi connectivity index (χ1) is 9.47. The molecular formula is C15H19N3O2. The Bertz CT molecular complexity index is 600. The van der Waals surface area contributed by atoms with E-state index >= 15 is 0 Å². The molecule has 0 spiro atoms. The minimum absolute atomic E-state index is 0.0510. The van der Waals surface area contributed by atoms with Crippen molar-refractivity contribution in [1.29, 1.82) is 0 Å².